The smallest absolute Gasteiger partial charge is 0.0672 e. The molecule has 1 saturated carbocycles. The molecule has 0 amide bonds. The lowest BCUT2D eigenvalue weighted by atomic mass is 10.0. The van der Waals surface area contributed by atoms with Crippen LogP contribution in [0.1, 0.15) is 32.6 Å². The van der Waals surface area contributed by atoms with Crippen LogP contribution >= 0.6 is 0 Å². The van der Waals surface area contributed by atoms with Crippen LogP contribution in [0.3, 0.4) is 0 Å². The average Bonchev–Trinajstić information content (AvgIpc) is 2.62. The summed E-state index contributed by atoms with van der Waals surface area (Å²) in [5.74, 6) is 0.222. The molecule has 80 valence electrons. The summed E-state index contributed by atoms with van der Waals surface area (Å²) in [5.41, 5.74) is 0. The highest BCUT2D eigenvalue weighted by atomic mass is 16.5. The predicted molar refractivity (Wildman–Crippen MR) is 55.8 cm³/mol. The van der Waals surface area contributed by atoms with Crippen LogP contribution in [0.2, 0.25) is 0 Å². The third-order valence-electron chi connectivity index (χ3n) is 2.94. The maximum atomic E-state index is 8.91. The van der Waals surface area contributed by atoms with E-state index < -0.39 is 0 Å². The molecule has 3 atom stereocenters. The molecule has 0 saturated heterocycles. The fourth-order valence-electron chi connectivity index (χ4n) is 2.06. The van der Waals surface area contributed by atoms with E-state index in [0.717, 1.165) is 25.9 Å². The summed E-state index contributed by atoms with van der Waals surface area (Å²) in [4.78, 5) is 0. The second kappa shape index (κ2) is 6.00. The molecule has 1 aliphatic carbocycles. The van der Waals surface area contributed by atoms with Crippen LogP contribution in [0.4, 0.5) is 0 Å². The Bertz CT molecular complexity index is 200. The number of nitrogens with one attached hydrogen (secondary N) is 1. The van der Waals surface area contributed by atoms with Gasteiger partial charge in [0.05, 0.1) is 12.0 Å². The highest BCUT2D eigenvalue weighted by Gasteiger charge is 2.27. The summed E-state index contributed by atoms with van der Waals surface area (Å²) in [7, 11) is 1.72. The van der Waals surface area contributed by atoms with Crippen molar-refractivity contribution in [2.24, 2.45) is 5.92 Å². The Balaban J connectivity index is 2.25. The molecule has 3 nitrogen and oxygen atoms in total. The minimum Gasteiger partial charge on any atom is -0.385 e. The summed E-state index contributed by atoms with van der Waals surface area (Å²) < 4.78 is 5.03. The number of hydrogen-bond acceptors (Lipinski definition) is 3. The lowest BCUT2D eigenvalue weighted by molar-refractivity contribution is 0.181. The van der Waals surface area contributed by atoms with E-state index in [-0.39, 0.29) is 5.92 Å². The first kappa shape index (κ1) is 11.5. The van der Waals surface area contributed by atoms with Gasteiger partial charge < -0.3 is 10.1 Å². The Labute approximate surface area is 86.4 Å². The van der Waals surface area contributed by atoms with Crippen molar-refractivity contribution in [2.75, 3.05) is 13.7 Å². The van der Waals surface area contributed by atoms with Crippen molar-refractivity contribution in [3.05, 3.63) is 0 Å². The minimum absolute atomic E-state index is 0.222. The Hall–Kier alpha value is -0.590. The van der Waals surface area contributed by atoms with E-state index in [1.54, 1.807) is 7.11 Å². The molecule has 0 heterocycles. The fraction of sp³-hybridized carbons (Fsp3) is 0.909. The zero-order valence-corrected chi connectivity index (χ0v) is 9.12. The molecular weight excluding hydrogens is 176 g/mol. The number of nitriles is 1. The van der Waals surface area contributed by atoms with E-state index in [2.05, 4.69) is 18.3 Å². The fourth-order valence-corrected chi connectivity index (χ4v) is 2.06. The molecule has 3 heteroatoms. The topological polar surface area (TPSA) is 45.0 Å². The summed E-state index contributed by atoms with van der Waals surface area (Å²) in [6, 6.07) is 3.24. The van der Waals surface area contributed by atoms with Crippen molar-refractivity contribution in [2.45, 2.75) is 44.7 Å². The molecule has 0 aromatic rings. The van der Waals surface area contributed by atoms with Gasteiger partial charge in [0, 0.05) is 25.8 Å². The first-order valence-corrected chi connectivity index (χ1v) is 5.42. The Morgan fingerprint density at radius 3 is 3.00 bits per heavy atom. The molecule has 1 rings (SSSR count). The monoisotopic (exact) mass is 196 g/mol. The van der Waals surface area contributed by atoms with Gasteiger partial charge in [-0.3, -0.25) is 0 Å². The lowest BCUT2D eigenvalue weighted by Crippen LogP contribution is -2.39. The number of ether oxygens (including phenoxy) is 1. The average molecular weight is 196 g/mol. The van der Waals surface area contributed by atoms with Crippen molar-refractivity contribution in [1.82, 2.24) is 5.32 Å². The summed E-state index contributed by atoms with van der Waals surface area (Å²) in [6.45, 7) is 2.95. The van der Waals surface area contributed by atoms with Gasteiger partial charge in [-0.15, -0.1) is 0 Å². The predicted octanol–water partition coefficient (Wildman–Crippen LogP) is 1.69. The van der Waals surface area contributed by atoms with Gasteiger partial charge in [0.25, 0.3) is 0 Å². The summed E-state index contributed by atoms with van der Waals surface area (Å²) >= 11 is 0. The SMILES string of the molecule is COCCC(C)NC1CCCC1C#N. The second-order valence-electron chi connectivity index (χ2n) is 4.12. The Kier molecular flexibility index (Phi) is 4.92. The number of hydrogen-bond donors (Lipinski definition) is 1. The molecular formula is C11H20N2O. The molecule has 1 aliphatic rings. The van der Waals surface area contributed by atoms with Gasteiger partial charge in [0.1, 0.15) is 0 Å². The molecule has 0 aromatic carbocycles. The highest BCUT2D eigenvalue weighted by Crippen LogP contribution is 2.25. The first-order valence-electron chi connectivity index (χ1n) is 5.42. The summed E-state index contributed by atoms with van der Waals surface area (Å²) in [6.07, 6.45) is 4.42. The molecule has 0 bridgehead atoms. The normalized spacial score (nSPS) is 28.6. The van der Waals surface area contributed by atoms with Gasteiger partial charge in [0.2, 0.25) is 0 Å². The van der Waals surface area contributed by atoms with Gasteiger partial charge in [-0.05, 0) is 26.2 Å². The third-order valence-corrected chi connectivity index (χ3v) is 2.94. The van der Waals surface area contributed by atoms with Crippen molar-refractivity contribution in [3.8, 4) is 6.07 Å². The van der Waals surface area contributed by atoms with E-state index >= 15 is 0 Å². The Morgan fingerprint density at radius 2 is 2.36 bits per heavy atom. The molecule has 14 heavy (non-hydrogen) atoms. The molecule has 3 unspecified atom stereocenters. The molecule has 0 aromatic heterocycles. The van der Waals surface area contributed by atoms with Crippen LogP contribution in [-0.4, -0.2) is 25.8 Å². The van der Waals surface area contributed by atoms with Crippen LogP contribution in [0.15, 0.2) is 0 Å². The van der Waals surface area contributed by atoms with Crippen molar-refractivity contribution in [3.63, 3.8) is 0 Å². The van der Waals surface area contributed by atoms with Gasteiger partial charge in [-0.1, -0.05) is 6.42 Å². The Morgan fingerprint density at radius 1 is 1.57 bits per heavy atom. The number of rotatable bonds is 5. The van der Waals surface area contributed by atoms with Gasteiger partial charge in [0.15, 0.2) is 0 Å². The standard InChI is InChI=1S/C11H20N2O/c1-9(6-7-14-2)13-11-5-3-4-10(11)8-12/h9-11,13H,3-7H2,1-2H3. The van der Waals surface area contributed by atoms with Crippen molar-refractivity contribution in [1.29, 1.82) is 5.26 Å². The van der Waals surface area contributed by atoms with E-state index in [0.29, 0.717) is 12.1 Å². The maximum absolute atomic E-state index is 8.91. The zero-order chi connectivity index (χ0) is 10.4. The number of methoxy groups -OCH3 is 1. The molecule has 0 aliphatic heterocycles. The van der Waals surface area contributed by atoms with E-state index in [1.807, 2.05) is 0 Å². The van der Waals surface area contributed by atoms with Crippen molar-refractivity contribution < 1.29 is 4.74 Å². The quantitative estimate of drug-likeness (QED) is 0.728. The van der Waals surface area contributed by atoms with Crippen LogP contribution in [-0.2, 0) is 4.74 Å². The van der Waals surface area contributed by atoms with Gasteiger partial charge in [-0.2, -0.15) is 5.26 Å². The molecule has 0 spiro atoms. The van der Waals surface area contributed by atoms with Crippen LogP contribution in [0.5, 0.6) is 0 Å². The first-order chi connectivity index (χ1) is 6.77. The molecule has 1 N–H and O–H groups in total. The van der Waals surface area contributed by atoms with Crippen LogP contribution in [0.25, 0.3) is 0 Å². The summed E-state index contributed by atoms with van der Waals surface area (Å²) in [5, 5.41) is 12.4. The third kappa shape index (κ3) is 3.28. The van der Waals surface area contributed by atoms with Crippen molar-refractivity contribution >= 4 is 0 Å². The maximum Gasteiger partial charge on any atom is 0.0672 e. The zero-order valence-electron chi connectivity index (χ0n) is 9.12. The van der Waals surface area contributed by atoms with E-state index in [9.17, 15) is 0 Å². The van der Waals surface area contributed by atoms with Crippen LogP contribution in [0, 0.1) is 17.2 Å². The van der Waals surface area contributed by atoms with Crippen LogP contribution < -0.4 is 5.32 Å². The number of nitrogens with zero attached hydrogens (tertiary/aromatic N) is 1. The minimum atomic E-state index is 0.222. The lowest BCUT2D eigenvalue weighted by Gasteiger charge is -2.21. The molecule has 0 radical (unpaired) electrons. The van der Waals surface area contributed by atoms with Gasteiger partial charge >= 0.3 is 0 Å². The second-order valence-corrected chi connectivity index (χ2v) is 4.12. The molecule has 1 fully saturated rings. The van der Waals surface area contributed by atoms with E-state index in [1.165, 1.54) is 6.42 Å². The van der Waals surface area contributed by atoms with E-state index in [4.69, 9.17) is 10.00 Å². The highest BCUT2D eigenvalue weighted by molar-refractivity contribution is 4.97. The largest absolute Gasteiger partial charge is 0.385 e. The van der Waals surface area contributed by atoms with Gasteiger partial charge in [-0.25, -0.2) is 0 Å².